The van der Waals surface area contributed by atoms with Gasteiger partial charge in [-0.25, -0.2) is 8.42 Å². The van der Waals surface area contributed by atoms with Crippen LogP contribution in [0.1, 0.15) is 13.8 Å². The fourth-order valence-corrected chi connectivity index (χ4v) is 5.04. The van der Waals surface area contributed by atoms with Crippen LogP contribution in [0.25, 0.3) is 10.8 Å². The van der Waals surface area contributed by atoms with E-state index in [9.17, 15) is 8.42 Å². The molecule has 0 bridgehead atoms. The topological polar surface area (TPSA) is 58.6 Å². The number of hydrogen-bond acceptors (Lipinski definition) is 4. The fourth-order valence-electron chi connectivity index (χ4n) is 3.14. The van der Waals surface area contributed by atoms with Crippen molar-refractivity contribution in [3.8, 4) is 5.75 Å². The summed E-state index contributed by atoms with van der Waals surface area (Å²) in [6.45, 7) is 5.10. The molecule has 0 aliphatic carbocycles. The SMILES string of the molecule is COc1ccc(S(=O)(=O)N2CCNC(C)C2C)c2ccccc12.Cl. The van der Waals surface area contributed by atoms with Gasteiger partial charge in [0.05, 0.1) is 12.0 Å². The third-order valence-corrected chi connectivity index (χ3v) is 6.67. The highest BCUT2D eigenvalue weighted by molar-refractivity contribution is 7.89. The third kappa shape index (κ3) is 3.11. The fraction of sp³-hybridized carbons (Fsp3) is 0.412. The highest BCUT2D eigenvalue weighted by Gasteiger charge is 2.35. The first-order valence-corrected chi connectivity index (χ1v) is 9.22. The van der Waals surface area contributed by atoms with Crippen LogP contribution in [0.15, 0.2) is 41.3 Å². The summed E-state index contributed by atoms with van der Waals surface area (Å²) in [7, 11) is -1.96. The molecule has 2 atom stereocenters. The maximum Gasteiger partial charge on any atom is 0.244 e. The van der Waals surface area contributed by atoms with E-state index in [4.69, 9.17) is 4.74 Å². The smallest absolute Gasteiger partial charge is 0.244 e. The summed E-state index contributed by atoms with van der Waals surface area (Å²) in [6.07, 6.45) is 0. The molecule has 1 saturated heterocycles. The molecular formula is C17H23ClN2O3S. The van der Waals surface area contributed by atoms with E-state index in [1.807, 2.05) is 38.1 Å². The van der Waals surface area contributed by atoms with Crippen molar-refractivity contribution in [3.63, 3.8) is 0 Å². The number of halogens is 1. The van der Waals surface area contributed by atoms with Crippen molar-refractivity contribution < 1.29 is 13.2 Å². The lowest BCUT2D eigenvalue weighted by atomic mass is 10.1. The lowest BCUT2D eigenvalue weighted by molar-refractivity contribution is 0.233. The van der Waals surface area contributed by atoms with Crippen molar-refractivity contribution in [1.82, 2.24) is 9.62 Å². The first-order valence-electron chi connectivity index (χ1n) is 7.78. The minimum Gasteiger partial charge on any atom is -0.496 e. The van der Waals surface area contributed by atoms with Gasteiger partial charge in [-0.1, -0.05) is 24.3 Å². The van der Waals surface area contributed by atoms with Gasteiger partial charge >= 0.3 is 0 Å². The van der Waals surface area contributed by atoms with E-state index >= 15 is 0 Å². The van der Waals surface area contributed by atoms with Gasteiger partial charge in [0.2, 0.25) is 10.0 Å². The van der Waals surface area contributed by atoms with Crippen LogP contribution in [-0.2, 0) is 10.0 Å². The number of rotatable bonds is 3. The predicted octanol–water partition coefficient (Wildman–Crippen LogP) is 2.64. The van der Waals surface area contributed by atoms with Gasteiger partial charge in [-0.2, -0.15) is 4.31 Å². The minimum absolute atomic E-state index is 0. The van der Waals surface area contributed by atoms with Gasteiger partial charge in [0, 0.05) is 35.9 Å². The van der Waals surface area contributed by atoms with Crippen molar-refractivity contribution in [3.05, 3.63) is 36.4 Å². The summed E-state index contributed by atoms with van der Waals surface area (Å²) in [5.74, 6) is 0.682. The molecule has 5 nitrogen and oxygen atoms in total. The normalized spacial score (nSPS) is 22.1. The number of ether oxygens (including phenoxy) is 1. The molecule has 2 aromatic rings. The Morgan fingerprint density at radius 2 is 1.79 bits per heavy atom. The highest BCUT2D eigenvalue weighted by Crippen LogP contribution is 2.33. The summed E-state index contributed by atoms with van der Waals surface area (Å²) >= 11 is 0. The Kier molecular flexibility index (Phi) is 5.75. The number of piperazine rings is 1. The second-order valence-corrected chi connectivity index (χ2v) is 7.77. The monoisotopic (exact) mass is 370 g/mol. The predicted molar refractivity (Wildman–Crippen MR) is 98.6 cm³/mol. The average molecular weight is 371 g/mol. The van der Waals surface area contributed by atoms with Gasteiger partial charge in [0.25, 0.3) is 0 Å². The third-order valence-electron chi connectivity index (χ3n) is 4.63. The number of benzene rings is 2. The van der Waals surface area contributed by atoms with Crippen molar-refractivity contribution in [2.45, 2.75) is 30.8 Å². The molecular weight excluding hydrogens is 348 g/mol. The molecule has 0 radical (unpaired) electrons. The Bertz CT molecular complexity index is 826. The number of sulfonamides is 1. The van der Waals surface area contributed by atoms with E-state index in [0.717, 1.165) is 5.39 Å². The van der Waals surface area contributed by atoms with Gasteiger partial charge < -0.3 is 10.1 Å². The van der Waals surface area contributed by atoms with E-state index in [1.54, 1.807) is 23.5 Å². The molecule has 132 valence electrons. The summed E-state index contributed by atoms with van der Waals surface area (Å²) < 4.78 is 33.4. The van der Waals surface area contributed by atoms with E-state index in [0.29, 0.717) is 29.1 Å². The van der Waals surface area contributed by atoms with Gasteiger partial charge in [-0.3, -0.25) is 0 Å². The molecule has 2 unspecified atom stereocenters. The van der Waals surface area contributed by atoms with Gasteiger partial charge in [-0.05, 0) is 26.0 Å². The Morgan fingerprint density at radius 3 is 2.46 bits per heavy atom. The standard InChI is InChI=1S/C17H22N2O3S.ClH/c1-12-13(2)19(11-10-18-12)23(20,21)17-9-8-16(22-3)14-6-4-5-7-15(14)17;/h4-9,12-13,18H,10-11H2,1-3H3;1H. The van der Waals surface area contributed by atoms with Gasteiger partial charge in [0.1, 0.15) is 5.75 Å². The summed E-state index contributed by atoms with van der Waals surface area (Å²) in [6, 6.07) is 10.9. The van der Waals surface area contributed by atoms with Crippen molar-refractivity contribution in [1.29, 1.82) is 0 Å². The summed E-state index contributed by atoms with van der Waals surface area (Å²) in [5, 5.41) is 4.83. The van der Waals surface area contributed by atoms with Crippen LogP contribution in [0.4, 0.5) is 0 Å². The number of hydrogen-bond donors (Lipinski definition) is 1. The molecule has 0 aromatic heterocycles. The zero-order valence-corrected chi connectivity index (χ0v) is 15.7. The summed E-state index contributed by atoms with van der Waals surface area (Å²) in [5.41, 5.74) is 0. The molecule has 1 aliphatic heterocycles. The largest absolute Gasteiger partial charge is 0.496 e. The molecule has 0 saturated carbocycles. The Labute approximate surface area is 149 Å². The van der Waals surface area contributed by atoms with Crippen LogP contribution >= 0.6 is 12.4 Å². The van der Waals surface area contributed by atoms with Crippen LogP contribution in [-0.4, -0.2) is 45.0 Å². The molecule has 7 heteroatoms. The maximum absolute atomic E-state index is 13.2. The van der Waals surface area contributed by atoms with Crippen LogP contribution in [0.3, 0.4) is 0 Å². The molecule has 1 aliphatic rings. The Morgan fingerprint density at radius 1 is 1.12 bits per heavy atom. The molecule has 24 heavy (non-hydrogen) atoms. The summed E-state index contributed by atoms with van der Waals surface area (Å²) in [4.78, 5) is 0.342. The van der Waals surface area contributed by atoms with Crippen LogP contribution in [0.2, 0.25) is 0 Å². The van der Waals surface area contributed by atoms with Gasteiger partial charge in [0.15, 0.2) is 0 Å². The van der Waals surface area contributed by atoms with Crippen molar-refractivity contribution >= 4 is 33.2 Å². The molecule has 1 fully saturated rings. The first-order chi connectivity index (χ1) is 11.0. The lowest BCUT2D eigenvalue weighted by Crippen LogP contribution is -2.57. The molecule has 1 N–H and O–H groups in total. The molecule has 0 amide bonds. The number of methoxy groups -OCH3 is 1. The molecule has 1 heterocycles. The Balaban J connectivity index is 0.00000208. The molecule has 2 aromatic carbocycles. The van der Waals surface area contributed by atoms with E-state index < -0.39 is 10.0 Å². The average Bonchev–Trinajstić information content (AvgIpc) is 2.56. The molecule has 0 spiro atoms. The zero-order chi connectivity index (χ0) is 16.6. The zero-order valence-electron chi connectivity index (χ0n) is 14.0. The number of nitrogens with one attached hydrogen (secondary N) is 1. The minimum atomic E-state index is -3.56. The number of fused-ring (bicyclic) bond motifs is 1. The Hall–Kier alpha value is -1.34. The maximum atomic E-state index is 13.2. The van der Waals surface area contributed by atoms with Crippen molar-refractivity contribution in [2.24, 2.45) is 0 Å². The van der Waals surface area contributed by atoms with Crippen LogP contribution in [0.5, 0.6) is 5.75 Å². The number of nitrogens with zero attached hydrogens (tertiary/aromatic N) is 1. The quantitative estimate of drug-likeness (QED) is 0.902. The second kappa shape index (κ2) is 7.27. The molecule has 3 rings (SSSR count). The van der Waals surface area contributed by atoms with E-state index in [2.05, 4.69) is 5.32 Å². The van der Waals surface area contributed by atoms with Crippen molar-refractivity contribution in [2.75, 3.05) is 20.2 Å². The van der Waals surface area contributed by atoms with Gasteiger partial charge in [-0.15, -0.1) is 12.4 Å². The first kappa shape index (κ1) is 19.0. The van der Waals surface area contributed by atoms with Crippen LogP contribution < -0.4 is 10.1 Å². The van der Waals surface area contributed by atoms with Crippen LogP contribution in [0, 0.1) is 0 Å². The lowest BCUT2D eigenvalue weighted by Gasteiger charge is -2.37. The second-order valence-electron chi connectivity index (χ2n) is 5.91. The highest BCUT2D eigenvalue weighted by atomic mass is 35.5. The van der Waals surface area contributed by atoms with E-state index in [-0.39, 0.29) is 24.5 Å². The van der Waals surface area contributed by atoms with E-state index in [1.165, 1.54) is 0 Å².